The number of ether oxygens (including phenoxy) is 2. The van der Waals surface area contributed by atoms with Gasteiger partial charge in [-0.15, -0.1) is 0 Å². The number of aryl methyl sites for hydroxylation is 1. The summed E-state index contributed by atoms with van der Waals surface area (Å²) in [5.74, 6) is 0.0334. The van der Waals surface area contributed by atoms with Gasteiger partial charge >= 0.3 is 12.2 Å². The van der Waals surface area contributed by atoms with Crippen LogP contribution in [0.5, 0.6) is 5.75 Å². The van der Waals surface area contributed by atoms with Crippen LogP contribution in [-0.4, -0.2) is 98.2 Å². The van der Waals surface area contributed by atoms with Gasteiger partial charge in [0.1, 0.15) is 24.4 Å². The lowest BCUT2D eigenvalue weighted by atomic mass is 10.0. The third-order valence-corrected chi connectivity index (χ3v) is 10.8. The summed E-state index contributed by atoms with van der Waals surface area (Å²) in [7, 11) is 7.56. The Bertz CT molecular complexity index is 1900. The maximum absolute atomic E-state index is 14.4. The Morgan fingerprint density at radius 1 is 0.964 bits per heavy atom. The summed E-state index contributed by atoms with van der Waals surface area (Å²) < 4.78 is 28.2. The molecule has 55 heavy (non-hydrogen) atoms. The minimum Gasteiger partial charge on any atom is -0.490 e. The Balaban J connectivity index is 1.12. The number of likely N-dealkylation sites (tertiary alicyclic amines) is 2. The van der Waals surface area contributed by atoms with Crippen LogP contribution >= 0.6 is 0 Å². The van der Waals surface area contributed by atoms with Gasteiger partial charge in [0.25, 0.3) is 0 Å². The molecular formula is C41H51FN6O7. The molecule has 2 saturated heterocycles. The molecule has 0 spiro atoms. The largest absolute Gasteiger partial charge is 0.490 e. The van der Waals surface area contributed by atoms with Gasteiger partial charge in [0.05, 0.1) is 13.0 Å². The first-order valence-electron chi connectivity index (χ1n) is 18.7. The molecule has 2 aromatic carbocycles. The minimum atomic E-state index is -0.815. The van der Waals surface area contributed by atoms with Gasteiger partial charge in [0.2, 0.25) is 5.91 Å². The lowest BCUT2D eigenvalue weighted by Gasteiger charge is -2.40. The van der Waals surface area contributed by atoms with E-state index in [1.165, 1.54) is 17.0 Å². The fourth-order valence-electron chi connectivity index (χ4n) is 7.54. The van der Waals surface area contributed by atoms with Gasteiger partial charge < -0.3 is 29.6 Å². The highest BCUT2D eigenvalue weighted by Gasteiger charge is 2.35. The first-order chi connectivity index (χ1) is 26.5. The number of hydrogen-bond acceptors (Lipinski definition) is 9. The summed E-state index contributed by atoms with van der Waals surface area (Å²) in [4.78, 5) is 54.9. The number of methoxy groups -OCH3 is 1. The van der Waals surface area contributed by atoms with E-state index in [0.717, 1.165) is 53.9 Å². The molecule has 1 aromatic heterocycles. The number of halogens is 1. The van der Waals surface area contributed by atoms with Crippen LogP contribution in [0.4, 0.5) is 19.7 Å². The number of amides is 3. The molecule has 2 unspecified atom stereocenters. The molecule has 294 valence electrons. The minimum absolute atomic E-state index is 0.0528. The third-order valence-electron chi connectivity index (χ3n) is 10.8. The summed E-state index contributed by atoms with van der Waals surface area (Å²) in [6.07, 6.45) is 4.86. The van der Waals surface area contributed by atoms with E-state index in [1.54, 1.807) is 37.4 Å². The number of carbonyl (C=O) groups is 3. The lowest BCUT2D eigenvalue weighted by molar-refractivity contribution is -0.178. The first-order valence-corrected chi connectivity index (χ1v) is 18.7. The quantitative estimate of drug-likeness (QED) is 0.183. The maximum atomic E-state index is 14.4. The maximum Gasteiger partial charge on any atom is 0.457 e. The Morgan fingerprint density at radius 3 is 2.44 bits per heavy atom. The van der Waals surface area contributed by atoms with Gasteiger partial charge in [-0.25, -0.2) is 23.8 Å². The zero-order valence-corrected chi connectivity index (χ0v) is 32.2. The fraction of sp³-hybridized carbons (Fsp3) is 0.439. The van der Waals surface area contributed by atoms with Crippen LogP contribution in [0.15, 0.2) is 72.4 Å². The molecule has 1 aliphatic carbocycles. The highest BCUT2D eigenvalue weighted by molar-refractivity contribution is 6.04. The predicted molar refractivity (Wildman–Crippen MR) is 206 cm³/mol. The number of benzene rings is 2. The van der Waals surface area contributed by atoms with Crippen molar-refractivity contribution < 1.29 is 38.0 Å². The second-order valence-corrected chi connectivity index (χ2v) is 14.4. The van der Waals surface area contributed by atoms with Crippen LogP contribution in [0.1, 0.15) is 55.8 Å². The van der Waals surface area contributed by atoms with E-state index in [2.05, 4.69) is 20.4 Å². The van der Waals surface area contributed by atoms with Crippen LogP contribution in [0, 0.1) is 5.82 Å². The number of allylic oxidation sites excluding steroid dienone is 2. The molecule has 2 fully saturated rings. The summed E-state index contributed by atoms with van der Waals surface area (Å²) in [6.45, 7) is 4.93. The number of aromatic nitrogens is 1. The number of anilines is 1. The number of fused-ring (bicyclic) bond motifs is 1. The molecule has 2 aliphatic heterocycles. The first kappa shape index (κ1) is 39.5. The van der Waals surface area contributed by atoms with E-state index >= 15 is 0 Å². The van der Waals surface area contributed by atoms with E-state index in [-0.39, 0.29) is 43.1 Å². The summed E-state index contributed by atoms with van der Waals surface area (Å²) in [5.41, 5.74) is 5.59. The highest BCUT2D eigenvalue weighted by atomic mass is 19.1. The molecule has 13 nitrogen and oxygen atoms in total. The van der Waals surface area contributed by atoms with Gasteiger partial charge in [-0.3, -0.25) is 14.6 Å². The Morgan fingerprint density at radius 2 is 1.73 bits per heavy atom. The molecule has 14 heteroatoms. The molecule has 0 bridgehead atoms. The van der Waals surface area contributed by atoms with E-state index in [0.29, 0.717) is 42.9 Å². The Hall–Kier alpha value is -5.18. The van der Waals surface area contributed by atoms with Gasteiger partial charge in [-0.1, -0.05) is 6.07 Å². The summed E-state index contributed by atoms with van der Waals surface area (Å²) in [5, 5.41) is 5.76. The highest BCUT2D eigenvalue weighted by Crippen LogP contribution is 2.43. The standard InChI is InChI=1S/C41H51FN6O7/c1-27-34(35-13-8-28(42)23-37(35)36(27)25-38(49)43-26-32-7-6-18-46(32)3)17-22-53-33-11-9-30(10-12-33)48(31-16-21-47(4)39(24-31)52-5)41(51)55-54-40(50)44-29-14-19-45(2)20-15-29/h6-13,17-18,23,29,31,39H,14-16,19-22,24-26H2,1-5H3,(H,43,49)(H,44,50)/b34-17-. The second-order valence-electron chi connectivity index (χ2n) is 14.4. The zero-order chi connectivity index (χ0) is 39.1. The number of nitrogens with zero attached hydrogens (tertiary/aromatic N) is 4. The number of rotatable bonds is 11. The van der Waals surface area contributed by atoms with Crippen molar-refractivity contribution in [1.29, 1.82) is 0 Å². The van der Waals surface area contributed by atoms with Gasteiger partial charge in [0.15, 0.2) is 0 Å². The van der Waals surface area contributed by atoms with Crippen molar-refractivity contribution in [3.63, 3.8) is 0 Å². The summed E-state index contributed by atoms with van der Waals surface area (Å²) >= 11 is 0. The van der Waals surface area contributed by atoms with Crippen molar-refractivity contribution >= 4 is 34.9 Å². The average Bonchev–Trinajstić information content (AvgIpc) is 3.70. The van der Waals surface area contributed by atoms with Gasteiger partial charge in [0, 0.05) is 56.8 Å². The third kappa shape index (κ3) is 9.74. The molecule has 3 aromatic rings. The normalized spacial score (nSPS) is 19.9. The van der Waals surface area contributed by atoms with E-state index in [4.69, 9.17) is 19.2 Å². The van der Waals surface area contributed by atoms with E-state index < -0.39 is 12.2 Å². The van der Waals surface area contributed by atoms with Gasteiger partial charge in [-0.2, -0.15) is 0 Å². The number of carbonyl (C=O) groups excluding carboxylic acids is 3. The molecule has 3 amide bonds. The molecule has 2 atom stereocenters. The monoisotopic (exact) mass is 758 g/mol. The molecule has 3 aliphatic rings. The predicted octanol–water partition coefficient (Wildman–Crippen LogP) is 5.87. The molecule has 3 heterocycles. The van der Waals surface area contributed by atoms with Crippen molar-refractivity contribution in [1.82, 2.24) is 25.0 Å². The molecule has 0 saturated carbocycles. The van der Waals surface area contributed by atoms with Crippen molar-refractivity contribution in [2.75, 3.05) is 52.3 Å². The number of hydrogen-bond donors (Lipinski definition) is 2. The average molecular weight is 759 g/mol. The lowest BCUT2D eigenvalue weighted by Crippen LogP contribution is -2.51. The Labute approximate surface area is 321 Å². The zero-order valence-electron chi connectivity index (χ0n) is 32.2. The van der Waals surface area contributed by atoms with Crippen LogP contribution in [0.2, 0.25) is 0 Å². The summed E-state index contributed by atoms with van der Waals surface area (Å²) in [6, 6.07) is 15.2. The SMILES string of the molecule is COC1CC(N(C(=O)OOC(=O)NC2CCN(C)CC2)c2ccc(OC/C=C3/C(C)=C(CC(=O)NCc4cccn4C)c4cc(F)ccc43)cc2)CCN1C. The van der Waals surface area contributed by atoms with Crippen molar-refractivity contribution in [2.45, 2.75) is 63.9 Å². The van der Waals surface area contributed by atoms with E-state index in [9.17, 15) is 18.8 Å². The topological polar surface area (TPSA) is 127 Å². The number of piperidine rings is 2. The van der Waals surface area contributed by atoms with Crippen molar-refractivity contribution in [2.24, 2.45) is 7.05 Å². The second kappa shape index (κ2) is 18.0. The van der Waals surface area contributed by atoms with Crippen LogP contribution in [-0.2, 0) is 32.9 Å². The molecule has 2 N–H and O–H groups in total. The van der Waals surface area contributed by atoms with Crippen LogP contribution in [0.25, 0.3) is 11.1 Å². The smallest absolute Gasteiger partial charge is 0.457 e. The molecule has 0 radical (unpaired) electrons. The Kier molecular flexibility index (Phi) is 12.9. The van der Waals surface area contributed by atoms with E-state index in [1.807, 2.05) is 57.0 Å². The fourth-order valence-corrected chi connectivity index (χ4v) is 7.54. The number of nitrogens with one attached hydrogen (secondary N) is 2. The van der Waals surface area contributed by atoms with Crippen molar-refractivity contribution in [3.8, 4) is 5.75 Å². The van der Waals surface area contributed by atoms with Crippen LogP contribution < -0.4 is 20.3 Å². The van der Waals surface area contributed by atoms with Gasteiger partial charge in [-0.05, 0) is 136 Å². The van der Waals surface area contributed by atoms with Crippen molar-refractivity contribution in [3.05, 3.63) is 95.1 Å². The van der Waals surface area contributed by atoms with Crippen LogP contribution in [0.3, 0.4) is 0 Å². The molecule has 6 rings (SSSR count). The molecular weight excluding hydrogens is 707 g/mol.